The minimum absolute atomic E-state index is 0. The third-order valence-electron chi connectivity index (χ3n) is 3.74. The van der Waals surface area contributed by atoms with E-state index < -0.39 is 0 Å². The molecule has 1 saturated heterocycles. The van der Waals surface area contributed by atoms with E-state index in [9.17, 15) is 4.79 Å². The van der Waals surface area contributed by atoms with E-state index in [1.807, 2.05) is 29.2 Å². The molecule has 1 amide bonds. The molecular weight excluding hydrogens is 335 g/mol. The van der Waals surface area contributed by atoms with Crippen molar-refractivity contribution >= 4 is 29.9 Å². The van der Waals surface area contributed by atoms with E-state index in [1.165, 1.54) is 0 Å². The van der Waals surface area contributed by atoms with Crippen LogP contribution in [0.3, 0.4) is 0 Å². The number of nitrogens with one attached hydrogen (secondary N) is 1. The summed E-state index contributed by atoms with van der Waals surface area (Å²) in [5, 5.41) is 4.06. The lowest BCUT2D eigenvalue weighted by Gasteiger charge is -2.37. The Bertz CT molecular complexity index is 497. The number of carbonyl (C=O) groups is 1. The molecule has 1 atom stereocenters. The predicted molar refractivity (Wildman–Crippen MR) is 96.3 cm³/mol. The first-order chi connectivity index (χ1) is 10.6. The molecule has 1 aliphatic heterocycles. The summed E-state index contributed by atoms with van der Waals surface area (Å²) in [7, 11) is 0. The molecule has 0 aromatic heterocycles. The van der Waals surface area contributed by atoms with Gasteiger partial charge in [-0.25, -0.2) is 0 Å². The number of carbonyl (C=O) groups excluding carboxylic acids is 1. The highest BCUT2D eigenvalue weighted by atomic mass is 35.5. The highest BCUT2D eigenvalue weighted by Crippen LogP contribution is 2.28. The largest absolute Gasteiger partial charge is 0.381 e. The number of halogens is 2. The monoisotopic (exact) mass is 360 g/mol. The van der Waals surface area contributed by atoms with Gasteiger partial charge < -0.3 is 15.0 Å². The van der Waals surface area contributed by atoms with Gasteiger partial charge in [0.25, 0.3) is 0 Å². The van der Waals surface area contributed by atoms with Gasteiger partial charge in [0.2, 0.25) is 5.91 Å². The zero-order valence-electron chi connectivity index (χ0n) is 13.8. The molecular formula is C17H26Cl2N2O2. The van der Waals surface area contributed by atoms with Crippen LogP contribution in [0.5, 0.6) is 0 Å². The summed E-state index contributed by atoms with van der Waals surface area (Å²) in [5.74, 6) is 0.625. The summed E-state index contributed by atoms with van der Waals surface area (Å²) in [5.41, 5.74) is 1.01. The van der Waals surface area contributed by atoms with Crippen molar-refractivity contribution in [3.05, 3.63) is 34.9 Å². The van der Waals surface area contributed by atoms with E-state index in [1.54, 1.807) is 0 Å². The van der Waals surface area contributed by atoms with E-state index in [-0.39, 0.29) is 24.4 Å². The Kier molecular flexibility index (Phi) is 8.92. The quantitative estimate of drug-likeness (QED) is 0.791. The highest BCUT2D eigenvalue weighted by molar-refractivity contribution is 6.31. The van der Waals surface area contributed by atoms with Crippen LogP contribution >= 0.6 is 24.0 Å². The Balaban J connectivity index is 0.00000264. The summed E-state index contributed by atoms with van der Waals surface area (Å²) < 4.78 is 5.53. The van der Waals surface area contributed by atoms with Crippen LogP contribution < -0.4 is 5.32 Å². The highest BCUT2D eigenvalue weighted by Gasteiger charge is 2.28. The fourth-order valence-corrected chi connectivity index (χ4v) is 2.91. The predicted octanol–water partition coefficient (Wildman–Crippen LogP) is 3.30. The van der Waals surface area contributed by atoms with Gasteiger partial charge in [-0.2, -0.15) is 0 Å². The maximum atomic E-state index is 12.5. The number of hydrogen-bond donors (Lipinski definition) is 1. The van der Waals surface area contributed by atoms with E-state index in [0.29, 0.717) is 37.1 Å². The molecule has 4 nitrogen and oxygen atoms in total. The number of amides is 1. The van der Waals surface area contributed by atoms with Gasteiger partial charge in [-0.05, 0) is 17.5 Å². The molecule has 130 valence electrons. The van der Waals surface area contributed by atoms with Crippen molar-refractivity contribution < 1.29 is 9.53 Å². The molecule has 1 aliphatic rings. The Morgan fingerprint density at radius 1 is 1.43 bits per heavy atom. The minimum Gasteiger partial charge on any atom is -0.381 e. The molecule has 0 bridgehead atoms. The summed E-state index contributed by atoms with van der Waals surface area (Å²) >= 11 is 6.30. The molecule has 1 aromatic rings. The lowest BCUT2D eigenvalue weighted by atomic mass is 10.0. The SMILES string of the molecule is CC(C)COCCC(=O)N1CCNCC1c1ccccc1Cl.Cl. The first-order valence-electron chi connectivity index (χ1n) is 7.92. The van der Waals surface area contributed by atoms with Crippen molar-refractivity contribution in [2.75, 3.05) is 32.8 Å². The van der Waals surface area contributed by atoms with E-state index >= 15 is 0 Å². The maximum absolute atomic E-state index is 12.5. The normalized spacial score (nSPS) is 17.9. The smallest absolute Gasteiger partial charge is 0.225 e. The zero-order valence-corrected chi connectivity index (χ0v) is 15.3. The van der Waals surface area contributed by atoms with Gasteiger partial charge in [0.15, 0.2) is 0 Å². The van der Waals surface area contributed by atoms with Crippen LogP contribution in [0.1, 0.15) is 31.9 Å². The molecule has 0 radical (unpaired) electrons. The van der Waals surface area contributed by atoms with E-state index in [0.717, 1.165) is 18.7 Å². The van der Waals surface area contributed by atoms with Gasteiger partial charge in [0.1, 0.15) is 0 Å². The molecule has 1 aromatic carbocycles. The van der Waals surface area contributed by atoms with Crippen molar-refractivity contribution in [1.82, 2.24) is 10.2 Å². The average Bonchev–Trinajstić information content (AvgIpc) is 2.52. The van der Waals surface area contributed by atoms with Gasteiger partial charge in [-0.3, -0.25) is 4.79 Å². The standard InChI is InChI=1S/C17H25ClN2O2.ClH/c1-13(2)12-22-10-7-17(21)20-9-8-19-11-16(20)14-5-3-4-6-15(14)18;/h3-6,13,16,19H,7-12H2,1-2H3;1H. The number of ether oxygens (including phenoxy) is 1. The number of nitrogens with zero attached hydrogens (tertiary/aromatic N) is 1. The third-order valence-corrected chi connectivity index (χ3v) is 4.08. The number of hydrogen-bond acceptors (Lipinski definition) is 3. The first kappa shape index (κ1) is 20.2. The Morgan fingerprint density at radius 2 is 2.17 bits per heavy atom. The van der Waals surface area contributed by atoms with Crippen LogP contribution in [0.15, 0.2) is 24.3 Å². The molecule has 1 heterocycles. The van der Waals surface area contributed by atoms with Crippen LogP contribution in [0.25, 0.3) is 0 Å². The molecule has 0 spiro atoms. The fourth-order valence-electron chi connectivity index (χ4n) is 2.65. The second-order valence-electron chi connectivity index (χ2n) is 6.05. The third kappa shape index (κ3) is 5.96. The molecule has 6 heteroatoms. The molecule has 1 fully saturated rings. The van der Waals surface area contributed by atoms with Gasteiger partial charge in [-0.1, -0.05) is 43.6 Å². The van der Waals surface area contributed by atoms with Crippen molar-refractivity contribution in [1.29, 1.82) is 0 Å². The van der Waals surface area contributed by atoms with Crippen LogP contribution in [0.2, 0.25) is 5.02 Å². The van der Waals surface area contributed by atoms with Gasteiger partial charge in [0.05, 0.1) is 19.1 Å². The first-order valence-corrected chi connectivity index (χ1v) is 8.29. The number of benzene rings is 1. The van der Waals surface area contributed by atoms with Crippen LogP contribution in [0.4, 0.5) is 0 Å². The zero-order chi connectivity index (χ0) is 15.9. The summed E-state index contributed by atoms with van der Waals surface area (Å²) in [6.45, 7) is 7.65. The summed E-state index contributed by atoms with van der Waals surface area (Å²) in [6, 6.07) is 7.74. The van der Waals surface area contributed by atoms with Gasteiger partial charge in [0, 0.05) is 31.3 Å². The summed E-state index contributed by atoms with van der Waals surface area (Å²) in [6.07, 6.45) is 0.424. The van der Waals surface area contributed by atoms with Crippen LogP contribution in [-0.4, -0.2) is 43.7 Å². The topological polar surface area (TPSA) is 41.6 Å². The molecule has 0 aliphatic carbocycles. The minimum atomic E-state index is 0. The van der Waals surface area contributed by atoms with E-state index in [2.05, 4.69) is 19.2 Å². The summed E-state index contributed by atoms with van der Waals surface area (Å²) in [4.78, 5) is 14.4. The molecule has 1 unspecified atom stereocenters. The Labute approximate surface area is 149 Å². The Morgan fingerprint density at radius 3 is 2.87 bits per heavy atom. The molecule has 1 N–H and O–H groups in total. The van der Waals surface area contributed by atoms with Crippen molar-refractivity contribution in [2.24, 2.45) is 5.92 Å². The van der Waals surface area contributed by atoms with Crippen molar-refractivity contribution in [2.45, 2.75) is 26.3 Å². The lowest BCUT2D eigenvalue weighted by Crippen LogP contribution is -2.49. The van der Waals surface area contributed by atoms with Gasteiger partial charge in [-0.15, -0.1) is 12.4 Å². The lowest BCUT2D eigenvalue weighted by molar-refractivity contribution is -0.135. The number of piperazine rings is 1. The van der Waals surface area contributed by atoms with Crippen molar-refractivity contribution in [3.63, 3.8) is 0 Å². The molecule has 0 saturated carbocycles. The Hall–Kier alpha value is -0.810. The average molecular weight is 361 g/mol. The second-order valence-corrected chi connectivity index (χ2v) is 6.45. The maximum Gasteiger partial charge on any atom is 0.225 e. The van der Waals surface area contributed by atoms with Crippen LogP contribution in [0, 0.1) is 5.92 Å². The van der Waals surface area contributed by atoms with E-state index in [4.69, 9.17) is 16.3 Å². The fraction of sp³-hybridized carbons (Fsp3) is 0.588. The molecule has 23 heavy (non-hydrogen) atoms. The van der Waals surface area contributed by atoms with Gasteiger partial charge >= 0.3 is 0 Å². The number of rotatable bonds is 6. The van der Waals surface area contributed by atoms with Crippen LogP contribution in [-0.2, 0) is 9.53 Å². The van der Waals surface area contributed by atoms with Crippen molar-refractivity contribution in [3.8, 4) is 0 Å². The molecule has 2 rings (SSSR count). The second kappa shape index (κ2) is 10.1.